The van der Waals surface area contributed by atoms with Gasteiger partial charge < -0.3 is 9.64 Å². The topological polar surface area (TPSA) is 84.0 Å². The number of benzene rings is 1. The average molecular weight is 425 g/mol. The average Bonchev–Trinajstić information content (AvgIpc) is 2.62. The van der Waals surface area contributed by atoms with Crippen LogP contribution in [0.4, 0.5) is 5.69 Å². The lowest BCUT2D eigenvalue weighted by Crippen LogP contribution is -2.39. The molecule has 0 saturated heterocycles. The molecule has 29 heavy (non-hydrogen) atoms. The maximum absolute atomic E-state index is 12.5. The number of fused-ring (bicyclic) bond motifs is 1. The maximum Gasteiger partial charge on any atom is 0.338 e. The maximum atomic E-state index is 12.5. The van der Waals surface area contributed by atoms with Crippen molar-refractivity contribution in [1.82, 2.24) is 4.90 Å². The molecule has 1 aromatic carbocycles. The Balaban J connectivity index is 2.06. The highest BCUT2D eigenvalue weighted by Gasteiger charge is 2.25. The number of hydrogen-bond donors (Lipinski definition) is 0. The van der Waals surface area contributed by atoms with E-state index in [9.17, 15) is 18.0 Å². The summed E-state index contributed by atoms with van der Waals surface area (Å²) in [5, 5.41) is 0. The highest BCUT2D eigenvalue weighted by molar-refractivity contribution is 7.92. The fourth-order valence-corrected chi connectivity index (χ4v) is 4.49. The van der Waals surface area contributed by atoms with E-state index in [1.54, 1.807) is 23.1 Å². The van der Waals surface area contributed by atoms with Crippen LogP contribution < -0.4 is 4.31 Å². The predicted octanol–water partition coefficient (Wildman–Crippen LogP) is 2.70. The number of aryl methyl sites for hydroxylation is 1. The lowest BCUT2D eigenvalue weighted by atomic mass is 10.0. The molecule has 8 heteroatoms. The van der Waals surface area contributed by atoms with E-state index in [1.807, 2.05) is 27.7 Å². The third-order valence-electron chi connectivity index (χ3n) is 4.64. The van der Waals surface area contributed by atoms with Crippen molar-refractivity contribution < 1.29 is 22.7 Å². The fraction of sp³-hybridized carbons (Fsp3) is 0.619. The molecule has 0 spiro atoms. The summed E-state index contributed by atoms with van der Waals surface area (Å²) in [7, 11) is -3.36. The molecule has 0 atom stereocenters. The van der Waals surface area contributed by atoms with Gasteiger partial charge in [0.25, 0.3) is 5.91 Å². The van der Waals surface area contributed by atoms with Crippen LogP contribution >= 0.6 is 0 Å². The molecule has 0 radical (unpaired) electrons. The zero-order valence-electron chi connectivity index (χ0n) is 18.0. The predicted molar refractivity (Wildman–Crippen MR) is 113 cm³/mol. The molecule has 0 fully saturated rings. The van der Waals surface area contributed by atoms with E-state index in [0.717, 1.165) is 5.56 Å². The first-order chi connectivity index (χ1) is 13.5. The molecular formula is C21H32N2O5S. The third kappa shape index (κ3) is 6.45. The Morgan fingerprint density at radius 1 is 1.14 bits per heavy atom. The van der Waals surface area contributed by atoms with Crippen molar-refractivity contribution in [2.75, 3.05) is 36.8 Å². The Bertz CT molecular complexity index is 839. The molecule has 0 saturated carbocycles. The summed E-state index contributed by atoms with van der Waals surface area (Å²) in [6, 6.07) is 4.85. The lowest BCUT2D eigenvalue weighted by molar-refractivity contribution is -0.135. The molecule has 1 amide bonds. The summed E-state index contributed by atoms with van der Waals surface area (Å²) in [5.41, 5.74) is 1.72. The van der Waals surface area contributed by atoms with Gasteiger partial charge in [0, 0.05) is 19.6 Å². The number of amides is 1. The number of hydrogen-bond acceptors (Lipinski definition) is 5. The largest absolute Gasteiger partial charge is 0.452 e. The summed E-state index contributed by atoms with van der Waals surface area (Å²) in [6.07, 6.45) is 2.56. The van der Waals surface area contributed by atoms with Crippen LogP contribution in [-0.2, 0) is 26.0 Å². The van der Waals surface area contributed by atoms with Crippen molar-refractivity contribution in [1.29, 1.82) is 0 Å². The molecule has 0 N–H and O–H groups in total. The number of carbonyl (C=O) groups is 2. The van der Waals surface area contributed by atoms with Crippen molar-refractivity contribution in [2.45, 2.75) is 40.5 Å². The van der Waals surface area contributed by atoms with Crippen LogP contribution in [0.15, 0.2) is 18.2 Å². The molecule has 2 rings (SSSR count). The highest BCUT2D eigenvalue weighted by atomic mass is 32.2. The molecule has 7 nitrogen and oxygen atoms in total. The molecule has 1 aliphatic heterocycles. The van der Waals surface area contributed by atoms with Crippen molar-refractivity contribution in [2.24, 2.45) is 11.8 Å². The summed E-state index contributed by atoms with van der Waals surface area (Å²) in [6.45, 7) is 9.54. The van der Waals surface area contributed by atoms with Crippen LogP contribution in [0.25, 0.3) is 0 Å². The zero-order chi connectivity index (χ0) is 21.8. The molecular weight excluding hydrogens is 392 g/mol. The van der Waals surface area contributed by atoms with Gasteiger partial charge in [-0.05, 0) is 48.4 Å². The van der Waals surface area contributed by atoms with Gasteiger partial charge in [0.1, 0.15) is 0 Å². The Labute approximate surface area is 174 Å². The second-order valence-electron chi connectivity index (χ2n) is 8.44. The van der Waals surface area contributed by atoms with E-state index < -0.39 is 16.0 Å². The van der Waals surface area contributed by atoms with E-state index in [0.29, 0.717) is 55.6 Å². The molecule has 0 bridgehead atoms. The Hall–Kier alpha value is -2.09. The van der Waals surface area contributed by atoms with Crippen LogP contribution in [0.5, 0.6) is 0 Å². The van der Waals surface area contributed by atoms with Crippen LogP contribution in [-0.4, -0.2) is 57.7 Å². The quantitative estimate of drug-likeness (QED) is 0.599. The van der Waals surface area contributed by atoms with Gasteiger partial charge in [-0.25, -0.2) is 13.2 Å². The normalized spacial score (nSPS) is 14.1. The number of carbonyl (C=O) groups excluding carboxylic acids is 2. The van der Waals surface area contributed by atoms with Crippen molar-refractivity contribution in [3.63, 3.8) is 0 Å². The van der Waals surface area contributed by atoms with Crippen LogP contribution in [0.1, 0.15) is 50.0 Å². The van der Waals surface area contributed by atoms with Gasteiger partial charge in [0.2, 0.25) is 10.0 Å². The number of sulfonamides is 1. The summed E-state index contributed by atoms with van der Waals surface area (Å²) < 4.78 is 30.5. The Kier molecular flexibility index (Phi) is 7.68. The Morgan fingerprint density at radius 2 is 1.76 bits per heavy atom. The minimum atomic E-state index is -3.36. The number of anilines is 1. The molecule has 0 aromatic heterocycles. The zero-order valence-corrected chi connectivity index (χ0v) is 18.8. The van der Waals surface area contributed by atoms with E-state index in [2.05, 4.69) is 0 Å². The van der Waals surface area contributed by atoms with Gasteiger partial charge in [-0.3, -0.25) is 9.10 Å². The first-order valence-corrected chi connectivity index (χ1v) is 11.9. The lowest BCUT2D eigenvalue weighted by Gasteiger charge is -2.29. The summed E-state index contributed by atoms with van der Waals surface area (Å²) >= 11 is 0. The first kappa shape index (κ1) is 23.2. The van der Waals surface area contributed by atoms with Crippen molar-refractivity contribution >= 4 is 27.6 Å². The van der Waals surface area contributed by atoms with Gasteiger partial charge in [-0.2, -0.15) is 0 Å². The summed E-state index contributed by atoms with van der Waals surface area (Å²) in [4.78, 5) is 26.7. The monoisotopic (exact) mass is 424 g/mol. The minimum absolute atomic E-state index is 0.207. The second-order valence-corrected chi connectivity index (χ2v) is 10.4. The van der Waals surface area contributed by atoms with E-state index in [1.165, 1.54) is 10.6 Å². The van der Waals surface area contributed by atoms with Crippen molar-refractivity contribution in [3.05, 3.63) is 29.3 Å². The van der Waals surface area contributed by atoms with E-state index >= 15 is 0 Å². The molecule has 0 aliphatic carbocycles. The fourth-order valence-electron chi connectivity index (χ4n) is 3.50. The van der Waals surface area contributed by atoms with Gasteiger partial charge in [0.05, 0.1) is 17.5 Å². The van der Waals surface area contributed by atoms with Gasteiger partial charge in [0.15, 0.2) is 6.61 Å². The second kappa shape index (κ2) is 9.61. The van der Waals surface area contributed by atoms with Crippen LogP contribution in [0.3, 0.4) is 0 Å². The number of nitrogens with zero attached hydrogens (tertiary/aromatic N) is 2. The van der Waals surface area contributed by atoms with Crippen molar-refractivity contribution in [3.8, 4) is 0 Å². The SMILES string of the molecule is CC(C)CN(CC(C)C)C(=O)COC(=O)c1ccc2c(c1)CCCN2S(C)(=O)=O. The first-order valence-electron chi connectivity index (χ1n) is 10.0. The summed E-state index contributed by atoms with van der Waals surface area (Å²) in [5.74, 6) is -0.132. The van der Waals surface area contributed by atoms with Crippen LogP contribution in [0.2, 0.25) is 0 Å². The molecule has 0 unspecified atom stereocenters. The van der Waals surface area contributed by atoms with E-state index in [4.69, 9.17) is 4.74 Å². The Morgan fingerprint density at radius 3 is 2.31 bits per heavy atom. The number of ether oxygens (including phenoxy) is 1. The number of rotatable bonds is 8. The molecule has 1 aliphatic rings. The number of esters is 1. The highest BCUT2D eigenvalue weighted by Crippen LogP contribution is 2.30. The van der Waals surface area contributed by atoms with Gasteiger partial charge in [-0.1, -0.05) is 27.7 Å². The smallest absolute Gasteiger partial charge is 0.338 e. The molecule has 162 valence electrons. The van der Waals surface area contributed by atoms with Crippen LogP contribution in [0, 0.1) is 11.8 Å². The van der Waals surface area contributed by atoms with Gasteiger partial charge in [-0.15, -0.1) is 0 Å². The third-order valence-corrected chi connectivity index (χ3v) is 5.82. The van der Waals surface area contributed by atoms with E-state index in [-0.39, 0.29) is 12.5 Å². The minimum Gasteiger partial charge on any atom is -0.452 e. The molecule has 1 heterocycles. The standard InChI is InChI=1S/C21H32N2O5S/c1-15(2)12-22(13-16(3)4)20(24)14-28-21(25)18-8-9-19-17(11-18)7-6-10-23(19)29(5,26)27/h8-9,11,15-16H,6-7,10,12-14H2,1-5H3. The molecule has 1 aromatic rings. The van der Waals surface area contributed by atoms with Gasteiger partial charge >= 0.3 is 5.97 Å².